The Kier molecular flexibility index (Phi) is 10.3. The first kappa shape index (κ1) is 31.5. The SMILES string of the molecule is O=C(CCl)Nc1nc(C(NC(=O)N2CCN(N=Cc3ccco3)C2=O)C(=O)NC2CN(S(=O)(=O)[O-])C2=O)cs1.[Na+]. The molecule has 2 fully saturated rings. The van der Waals surface area contributed by atoms with Crippen molar-refractivity contribution < 1.29 is 70.9 Å². The van der Waals surface area contributed by atoms with Crippen LogP contribution in [0, 0.1) is 0 Å². The van der Waals surface area contributed by atoms with Crippen molar-refractivity contribution in [3.8, 4) is 0 Å². The van der Waals surface area contributed by atoms with Crippen LogP contribution in [0.4, 0.5) is 14.7 Å². The number of imide groups is 1. The zero-order chi connectivity index (χ0) is 28.3. The summed E-state index contributed by atoms with van der Waals surface area (Å²) in [6, 6.07) is -1.51. The Bertz CT molecular complexity index is 1430. The summed E-state index contributed by atoms with van der Waals surface area (Å²) in [7, 11) is -5.04. The minimum atomic E-state index is -5.04. The van der Waals surface area contributed by atoms with Gasteiger partial charge in [-0.05, 0) is 12.1 Å². The van der Waals surface area contributed by atoms with Gasteiger partial charge in [0.1, 0.15) is 17.7 Å². The second-order valence-electron chi connectivity index (χ2n) is 7.85. The summed E-state index contributed by atoms with van der Waals surface area (Å²) in [6.07, 6.45) is 2.69. The van der Waals surface area contributed by atoms with Crippen molar-refractivity contribution in [2.75, 3.05) is 30.8 Å². The van der Waals surface area contributed by atoms with E-state index in [9.17, 15) is 36.9 Å². The number of hydrogen-bond acceptors (Lipinski definition) is 12. The molecule has 2 aliphatic heterocycles. The topological polar surface area (TPSA) is 227 Å². The van der Waals surface area contributed by atoms with E-state index in [1.165, 1.54) is 17.9 Å². The van der Waals surface area contributed by atoms with E-state index >= 15 is 0 Å². The number of carbonyl (C=O) groups excluding carboxylic acids is 5. The van der Waals surface area contributed by atoms with Crippen molar-refractivity contribution in [3.63, 3.8) is 0 Å². The van der Waals surface area contributed by atoms with Gasteiger partial charge in [0.2, 0.25) is 11.8 Å². The molecule has 40 heavy (non-hydrogen) atoms. The van der Waals surface area contributed by atoms with E-state index in [1.54, 1.807) is 12.1 Å². The third kappa shape index (κ3) is 7.16. The Morgan fingerprint density at radius 1 is 1.32 bits per heavy atom. The minimum absolute atomic E-state index is 0. The molecule has 2 saturated heterocycles. The van der Waals surface area contributed by atoms with Crippen LogP contribution in [0.1, 0.15) is 17.5 Å². The molecule has 2 aliphatic rings. The molecule has 2 unspecified atom stereocenters. The largest absolute Gasteiger partial charge is 1.00 e. The number of hydrazone groups is 1. The van der Waals surface area contributed by atoms with Gasteiger partial charge >= 0.3 is 41.6 Å². The third-order valence-corrected chi connectivity index (χ3v) is 7.18. The van der Waals surface area contributed by atoms with E-state index < -0.39 is 58.7 Å². The molecule has 17 nitrogen and oxygen atoms in total. The van der Waals surface area contributed by atoms with E-state index in [2.05, 4.69) is 26.0 Å². The number of nitrogens with zero attached hydrogens (tertiary/aromatic N) is 5. The molecule has 0 radical (unpaired) electrons. The van der Waals surface area contributed by atoms with Gasteiger partial charge in [0.25, 0.3) is 5.91 Å². The van der Waals surface area contributed by atoms with Crippen molar-refractivity contribution in [2.24, 2.45) is 5.10 Å². The molecule has 0 aliphatic carbocycles. The number of halogens is 1. The second kappa shape index (κ2) is 13.1. The molecule has 3 N–H and O–H groups in total. The normalized spacial score (nSPS) is 17.9. The van der Waals surface area contributed by atoms with Crippen LogP contribution < -0.4 is 45.5 Å². The number of anilines is 1. The number of β-lactam (4-membered cyclic amide) rings is 1. The van der Waals surface area contributed by atoms with Crippen LogP contribution >= 0.6 is 22.9 Å². The number of thiazole rings is 1. The number of amides is 7. The Morgan fingerprint density at radius 2 is 2.08 bits per heavy atom. The zero-order valence-corrected chi connectivity index (χ0v) is 24.9. The number of hydrogen-bond donors (Lipinski definition) is 3. The Balaban J connectivity index is 0.00000441. The van der Waals surface area contributed by atoms with Crippen LogP contribution in [0.2, 0.25) is 0 Å². The summed E-state index contributed by atoms with van der Waals surface area (Å²) in [5.74, 6) is -2.73. The number of alkyl halides is 1. The maximum atomic E-state index is 13.1. The van der Waals surface area contributed by atoms with E-state index in [-0.39, 0.29) is 63.7 Å². The first-order chi connectivity index (χ1) is 18.5. The van der Waals surface area contributed by atoms with Gasteiger partial charge in [-0.15, -0.1) is 22.9 Å². The molecule has 21 heteroatoms. The predicted molar refractivity (Wildman–Crippen MR) is 131 cm³/mol. The molecule has 0 spiro atoms. The van der Waals surface area contributed by atoms with Crippen molar-refractivity contribution in [1.82, 2.24) is 29.8 Å². The van der Waals surface area contributed by atoms with Crippen molar-refractivity contribution >= 4 is 74.4 Å². The number of aromatic nitrogens is 1. The van der Waals surface area contributed by atoms with Crippen molar-refractivity contribution in [1.29, 1.82) is 0 Å². The molecule has 4 rings (SSSR count). The van der Waals surface area contributed by atoms with E-state index in [0.717, 1.165) is 21.2 Å². The number of furan rings is 1. The van der Waals surface area contributed by atoms with Crippen LogP contribution in [-0.4, -0.2) is 99.7 Å². The average Bonchev–Trinajstić information content (AvgIpc) is 3.64. The molecule has 4 heterocycles. The number of rotatable bonds is 9. The maximum Gasteiger partial charge on any atom is 1.00 e. The zero-order valence-electron chi connectivity index (χ0n) is 20.5. The number of nitrogens with one attached hydrogen (secondary N) is 3. The fourth-order valence-corrected chi connectivity index (χ4v) is 4.87. The van der Waals surface area contributed by atoms with Gasteiger partial charge in [-0.2, -0.15) is 5.10 Å². The van der Waals surface area contributed by atoms with Gasteiger partial charge in [0.05, 0.1) is 37.8 Å². The molecule has 2 atom stereocenters. The molecule has 2 aromatic rings. The summed E-state index contributed by atoms with van der Waals surface area (Å²) in [5, 5.41) is 13.3. The summed E-state index contributed by atoms with van der Waals surface area (Å²) < 4.78 is 38.3. The molecular formula is C19H18ClN8NaO9S2. The van der Waals surface area contributed by atoms with Gasteiger partial charge < -0.3 is 24.9 Å². The quantitative estimate of drug-likeness (QED) is 0.0811. The molecular weight excluding hydrogens is 607 g/mol. The molecule has 0 saturated carbocycles. The minimum Gasteiger partial charge on any atom is -0.731 e. The van der Waals surface area contributed by atoms with Crippen LogP contribution in [0.25, 0.3) is 0 Å². The molecule has 0 aromatic carbocycles. The molecule has 2 aromatic heterocycles. The summed E-state index contributed by atoms with van der Waals surface area (Å²) in [4.78, 5) is 67.2. The summed E-state index contributed by atoms with van der Waals surface area (Å²) in [5.41, 5.74) is -0.0739. The van der Waals surface area contributed by atoms with Crippen LogP contribution in [0.3, 0.4) is 0 Å². The average molecular weight is 625 g/mol. The molecule has 208 valence electrons. The number of urea groups is 2. The summed E-state index contributed by atoms with van der Waals surface area (Å²) in [6.45, 7) is -0.639. The van der Waals surface area contributed by atoms with Crippen LogP contribution in [-0.2, 0) is 24.7 Å². The van der Waals surface area contributed by atoms with Gasteiger partial charge in [-0.3, -0.25) is 14.4 Å². The molecule has 7 amide bonds. The summed E-state index contributed by atoms with van der Waals surface area (Å²) >= 11 is 6.37. The van der Waals surface area contributed by atoms with E-state index in [1.807, 2.05) is 0 Å². The Labute approximate surface area is 257 Å². The first-order valence-electron chi connectivity index (χ1n) is 10.8. The van der Waals surface area contributed by atoms with Crippen LogP contribution in [0.5, 0.6) is 0 Å². The van der Waals surface area contributed by atoms with Gasteiger partial charge in [0.15, 0.2) is 21.5 Å². The Morgan fingerprint density at radius 3 is 2.70 bits per heavy atom. The Hall–Kier alpha value is -3.07. The fraction of sp³-hybridized carbons (Fsp3) is 0.316. The van der Waals surface area contributed by atoms with Gasteiger partial charge in [-0.1, -0.05) is 0 Å². The standard InChI is InChI=1S/C19H19ClN8O9S2.Na/c20-6-13(29)24-17-23-12(9-38-17)14(15(30)22-11-8-28(16(11)31)39(34,35)36)25-18(32)26-3-4-27(19(26)33)21-7-10-2-1-5-37-10;/h1-2,5,7,9,11,14H,3-4,6,8H2,(H,22,30)(H,25,32)(H,23,24,29)(H,34,35,36);/q;+1/p-1. The van der Waals surface area contributed by atoms with Gasteiger partial charge in [0, 0.05) is 5.38 Å². The van der Waals surface area contributed by atoms with Gasteiger partial charge in [-0.25, -0.2) is 37.2 Å². The van der Waals surface area contributed by atoms with Crippen LogP contribution in [0.15, 0.2) is 33.3 Å². The second-order valence-corrected chi connectivity index (χ2v) is 10.3. The van der Waals surface area contributed by atoms with E-state index in [4.69, 9.17) is 16.0 Å². The van der Waals surface area contributed by atoms with E-state index in [0.29, 0.717) is 5.76 Å². The maximum absolute atomic E-state index is 13.1. The third-order valence-electron chi connectivity index (χ3n) is 5.29. The van der Waals surface area contributed by atoms with Crippen molar-refractivity contribution in [2.45, 2.75) is 12.1 Å². The fourth-order valence-electron chi connectivity index (χ4n) is 3.38. The smallest absolute Gasteiger partial charge is 0.731 e. The number of carbonyl (C=O) groups is 5. The first-order valence-corrected chi connectivity index (χ1v) is 13.6. The predicted octanol–water partition coefficient (Wildman–Crippen LogP) is -3.77. The monoisotopic (exact) mass is 624 g/mol. The van der Waals surface area contributed by atoms with Crippen molar-refractivity contribution in [3.05, 3.63) is 35.2 Å². The molecule has 0 bridgehead atoms.